The summed E-state index contributed by atoms with van der Waals surface area (Å²) in [7, 11) is 2.08. The zero-order valence-corrected chi connectivity index (χ0v) is 17.9. The van der Waals surface area contributed by atoms with Crippen LogP contribution in [0.2, 0.25) is 0 Å². The summed E-state index contributed by atoms with van der Waals surface area (Å²) in [6, 6.07) is 17.2. The maximum Gasteiger partial charge on any atom is 0.256 e. The van der Waals surface area contributed by atoms with Crippen molar-refractivity contribution in [1.29, 1.82) is 0 Å². The summed E-state index contributed by atoms with van der Waals surface area (Å²) < 4.78 is 5.72. The summed E-state index contributed by atoms with van der Waals surface area (Å²) in [4.78, 5) is 27.4. The lowest BCUT2D eigenvalue weighted by atomic mass is 10.0. The van der Waals surface area contributed by atoms with Gasteiger partial charge in [-0.2, -0.15) is 0 Å². The van der Waals surface area contributed by atoms with E-state index in [0.29, 0.717) is 16.9 Å². The van der Waals surface area contributed by atoms with E-state index in [4.69, 9.17) is 4.42 Å². The van der Waals surface area contributed by atoms with Crippen molar-refractivity contribution in [2.45, 2.75) is 18.9 Å². The molecule has 1 fully saturated rings. The van der Waals surface area contributed by atoms with E-state index in [0.717, 1.165) is 48.3 Å². The minimum absolute atomic E-state index is 0.0581. The van der Waals surface area contributed by atoms with Gasteiger partial charge in [0.2, 0.25) is 0 Å². The maximum absolute atomic E-state index is 12.8. The molecule has 2 amide bonds. The number of piperidine rings is 1. The minimum Gasteiger partial charge on any atom is -0.464 e. The van der Waals surface area contributed by atoms with E-state index in [1.807, 2.05) is 54.6 Å². The number of hydrogen-bond acceptors (Lipinski definition) is 4. The molecule has 0 radical (unpaired) electrons. The van der Waals surface area contributed by atoms with Crippen LogP contribution >= 0.6 is 0 Å². The van der Waals surface area contributed by atoms with Gasteiger partial charge < -0.3 is 20.0 Å². The fraction of sp³-hybridized carbons (Fsp3) is 0.231. The molecule has 0 saturated carbocycles. The lowest BCUT2D eigenvalue weighted by Crippen LogP contribution is -2.46. The molecule has 1 saturated heterocycles. The van der Waals surface area contributed by atoms with E-state index < -0.39 is 0 Å². The Labute approximate surface area is 186 Å². The highest BCUT2D eigenvalue weighted by atomic mass is 16.3. The smallest absolute Gasteiger partial charge is 0.256 e. The normalized spacial score (nSPS) is 19.6. The second kappa shape index (κ2) is 8.48. The van der Waals surface area contributed by atoms with E-state index in [1.54, 1.807) is 12.3 Å². The van der Waals surface area contributed by atoms with Crippen molar-refractivity contribution in [1.82, 2.24) is 10.2 Å². The average molecular weight is 428 g/mol. The van der Waals surface area contributed by atoms with Crippen LogP contribution in [0.1, 0.15) is 34.5 Å². The summed E-state index contributed by atoms with van der Waals surface area (Å²) in [5, 5.41) is 6.02. The first-order chi connectivity index (χ1) is 15.6. The van der Waals surface area contributed by atoms with Gasteiger partial charge in [0.25, 0.3) is 11.8 Å². The predicted octanol–water partition coefficient (Wildman–Crippen LogP) is 4.26. The highest BCUT2D eigenvalue weighted by molar-refractivity contribution is 6.34. The molecular formula is C26H25N3O3. The Morgan fingerprint density at radius 2 is 2.03 bits per heavy atom. The number of carbonyl (C=O) groups excluding carboxylic acids is 2. The molecule has 2 aromatic carbocycles. The maximum atomic E-state index is 12.8. The fourth-order valence-corrected chi connectivity index (χ4v) is 4.40. The van der Waals surface area contributed by atoms with Crippen molar-refractivity contribution in [3.8, 4) is 11.1 Å². The number of likely N-dealkylation sites (tertiary alicyclic amines) is 1. The SMILES string of the molecule is CN1CCCC(NC(=O)c2cccc(-c3coc(C=C4C(=O)Nc5ccccc54)c3)c2)C1. The minimum atomic E-state index is -0.142. The molecule has 162 valence electrons. The highest BCUT2D eigenvalue weighted by Crippen LogP contribution is 2.33. The van der Waals surface area contributed by atoms with Crippen LogP contribution in [-0.4, -0.2) is 42.9 Å². The molecule has 2 aliphatic heterocycles. The Morgan fingerprint density at radius 3 is 2.91 bits per heavy atom. The second-order valence-corrected chi connectivity index (χ2v) is 8.45. The number of rotatable bonds is 4. The average Bonchev–Trinajstić information content (AvgIpc) is 3.39. The van der Waals surface area contributed by atoms with Gasteiger partial charge in [0, 0.05) is 35.0 Å². The van der Waals surface area contributed by atoms with Crippen molar-refractivity contribution in [3.63, 3.8) is 0 Å². The number of hydrogen-bond donors (Lipinski definition) is 2. The predicted molar refractivity (Wildman–Crippen MR) is 125 cm³/mol. The van der Waals surface area contributed by atoms with Crippen molar-refractivity contribution in [2.24, 2.45) is 0 Å². The number of anilines is 1. The summed E-state index contributed by atoms with van der Waals surface area (Å²) in [6.07, 6.45) is 5.50. The molecule has 0 spiro atoms. The number of nitrogens with one attached hydrogen (secondary N) is 2. The largest absolute Gasteiger partial charge is 0.464 e. The van der Waals surface area contributed by atoms with Gasteiger partial charge in [0.05, 0.1) is 11.8 Å². The number of fused-ring (bicyclic) bond motifs is 1. The van der Waals surface area contributed by atoms with E-state index in [1.165, 1.54) is 0 Å². The van der Waals surface area contributed by atoms with Gasteiger partial charge in [0.1, 0.15) is 5.76 Å². The molecule has 0 aliphatic carbocycles. The molecule has 6 heteroatoms. The van der Waals surface area contributed by atoms with Gasteiger partial charge in [-0.3, -0.25) is 9.59 Å². The Morgan fingerprint density at radius 1 is 1.16 bits per heavy atom. The van der Waals surface area contributed by atoms with Crippen LogP contribution in [-0.2, 0) is 4.79 Å². The monoisotopic (exact) mass is 427 g/mol. The lowest BCUT2D eigenvalue weighted by Gasteiger charge is -2.30. The Bertz CT molecular complexity index is 1210. The summed E-state index contributed by atoms with van der Waals surface area (Å²) >= 11 is 0. The third kappa shape index (κ3) is 4.09. The number of carbonyl (C=O) groups is 2. The van der Waals surface area contributed by atoms with Crippen molar-refractivity contribution in [3.05, 3.63) is 77.7 Å². The van der Waals surface area contributed by atoms with Crippen LogP contribution < -0.4 is 10.6 Å². The molecule has 6 nitrogen and oxygen atoms in total. The number of likely N-dealkylation sites (N-methyl/N-ethyl adjacent to an activating group) is 1. The van der Waals surface area contributed by atoms with Crippen LogP contribution in [0.5, 0.6) is 0 Å². The number of nitrogens with zero attached hydrogens (tertiary/aromatic N) is 1. The van der Waals surface area contributed by atoms with Gasteiger partial charge in [-0.25, -0.2) is 0 Å². The Balaban J connectivity index is 1.35. The zero-order valence-electron chi connectivity index (χ0n) is 17.9. The van der Waals surface area contributed by atoms with Crippen LogP contribution in [0.4, 0.5) is 5.69 Å². The number of amides is 2. The standard InChI is InChI=1S/C26H25N3O3/c1-29-11-5-8-20(15-29)27-25(30)18-7-4-6-17(12-18)19-13-21(32-16-19)14-23-22-9-2-3-10-24(22)28-26(23)31/h2-4,6-7,9-10,12-14,16,20H,5,8,11,15H2,1H3,(H,27,30)(H,28,31). The molecule has 2 aliphatic rings. The Hall–Kier alpha value is -3.64. The molecule has 1 aromatic heterocycles. The molecule has 2 N–H and O–H groups in total. The van der Waals surface area contributed by atoms with Gasteiger partial charge in [-0.1, -0.05) is 30.3 Å². The highest BCUT2D eigenvalue weighted by Gasteiger charge is 2.24. The van der Waals surface area contributed by atoms with Crippen molar-refractivity contribution >= 4 is 29.2 Å². The number of benzene rings is 2. The molecular weight excluding hydrogens is 402 g/mol. The van der Waals surface area contributed by atoms with E-state index in [9.17, 15) is 9.59 Å². The molecule has 1 atom stereocenters. The number of para-hydroxylation sites is 1. The van der Waals surface area contributed by atoms with Gasteiger partial charge in [-0.15, -0.1) is 0 Å². The third-order valence-electron chi connectivity index (χ3n) is 6.03. The molecule has 5 rings (SSSR count). The summed E-state index contributed by atoms with van der Waals surface area (Å²) in [5.41, 5.74) is 4.62. The topological polar surface area (TPSA) is 74.6 Å². The first-order valence-electron chi connectivity index (χ1n) is 10.9. The molecule has 32 heavy (non-hydrogen) atoms. The van der Waals surface area contributed by atoms with Gasteiger partial charge in [0.15, 0.2) is 0 Å². The zero-order chi connectivity index (χ0) is 22.1. The van der Waals surface area contributed by atoms with E-state index >= 15 is 0 Å². The van der Waals surface area contributed by atoms with Crippen molar-refractivity contribution in [2.75, 3.05) is 25.5 Å². The second-order valence-electron chi connectivity index (χ2n) is 8.45. The van der Waals surface area contributed by atoms with E-state index in [2.05, 4.69) is 22.6 Å². The summed E-state index contributed by atoms with van der Waals surface area (Å²) in [6.45, 7) is 1.95. The molecule has 3 aromatic rings. The van der Waals surface area contributed by atoms with Crippen LogP contribution in [0, 0.1) is 0 Å². The molecule has 0 bridgehead atoms. The molecule has 1 unspecified atom stereocenters. The van der Waals surface area contributed by atoms with E-state index in [-0.39, 0.29) is 17.9 Å². The third-order valence-corrected chi connectivity index (χ3v) is 6.03. The lowest BCUT2D eigenvalue weighted by molar-refractivity contribution is -0.110. The quantitative estimate of drug-likeness (QED) is 0.610. The van der Waals surface area contributed by atoms with Crippen LogP contribution in [0.25, 0.3) is 22.8 Å². The first-order valence-corrected chi connectivity index (χ1v) is 10.9. The first kappa shape index (κ1) is 20.3. The molecule has 3 heterocycles. The van der Waals surface area contributed by atoms with Gasteiger partial charge in [-0.05, 0) is 62.3 Å². The van der Waals surface area contributed by atoms with Crippen LogP contribution in [0.3, 0.4) is 0 Å². The van der Waals surface area contributed by atoms with Gasteiger partial charge >= 0.3 is 0 Å². The van der Waals surface area contributed by atoms with Crippen LogP contribution in [0.15, 0.2) is 65.3 Å². The summed E-state index contributed by atoms with van der Waals surface area (Å²) in [5.74, 6) is 0.385. The Kier molecular flexibility index (Phi) is 5.37. The fourth-order valence-electron chi connectivity index (χ4n) is 4.40. The number of furan rings is 1. The van der Waals surface area contributed by atoms with Crippen molar-refractivity contribution < 1.29 is 14.0 Å².